The van der Waals surface area contributed by atoms with E-state index in [1.165, 1.54) is 0 Å². The van der Waals surface area contributed by atoms with Gasteiger partial charge in [0.05, 0.1) is 12.1 Å². The molecular formula is C15H20N2O2S. The van der Waals surface area contributed by atoms with E-state index in [9.17, 15) is 5.11 Å². The van der Waals surface area contributed by atoms with Gasteiger partial charge < -0.3 is 15.2 Å². The van der Waals surface area contributed by atoms with E-state index in [0.29, 0.717) is 11.7 Å². The Morgan fingerprint density at radius 1 is 1.40 bits per heavy atom. The third-order valence-corrected chi connectivity index (χ3v) is 4.31. The van der Waals surface area contributed by atoms with E-state index >= 15 is 0 Å². The highest BCUT2D eigenvalue weighted by Crippen LogP contribution is 2.28. The lowest BCUT2D eigenvalue weighted by atomic mass is 10.1. The molecule has 2 rings (SSSR count). The summed E-state index contributed by atoms with van der Waals surface area (Å²) in [6.07, 6.45) is 1.83. The fourth-order valence-electron chi connectivity index (χ4n) is 2.05. The molecule has 1 heterocycles. The smallest absolute Gasteiger partial charge is 0.124 e. The van der Waals surface area contributed by atoms with Crippen molar-refractivity contribution in [2.45, 2.75) is 25.8 Å². The van der Waals surface area contributed by atoms with Gasteiger partial charge in [-0.25, -0.2) is 4.98 Å². The van der Waals surface area contributed by atoms with Crippen LogP contribution in [0.5, 0.6) is 11.5 Å². The van der Waals surface area contributed by atoms with Crippen molar-refractivity contribution in [3.05, 3.63) is 40.3 Å². The molecule has 0 aliphatic rings. The third-order valence-electron chi connectivity index (χ3n) is 3.31. The molecule has 0 aliphatic heterocycles. The van der Waals surface area contributed by atoms with Crippen LogP contribution in [0.1, 0.15) is 36.4 Å². The highest BCUT2D eigenvalue weighted by molar-refractivity contribution is 7.09. The van der Waals surface area contributed by atoms with E-state index in [4.69, 9.17) is 4.74 Å². The molecular weight excluding hydrogens is 272 g/mol. The summed E-state index contributed by atoms with van der Waals surface area (Å²) in [5.41, 5.74) is 0.872. The predicted molar refractivity (Wildman–Crippen MR) is 81.6 cm³/mol. The summed E-state index contributed by atoms with van der Waals surface area (Å²) < 4.78 is 5.09. The number of ether oxygens (including phenoxy) is 1. The topological polar surface area (TPSA) is 54.4 Å². The second-order valence-electron chi connectivity index (χ2n) is 4.83. The maximum absolute atomic E-state index is 10.0. The molecule has 2 N–H and O–H groups in total. The standard InChI is InChI=1S/C15H20N2O2S/c1-10(15-16-6-7-20-15)9-17-11(2)13-5-4-12(19-3)8-14(13)18/h4-8,10-11,17-18H,9H2,1-3H3. The first-order chi connectivity index (χ1) is 9.61. The molecule has 0 bridgehead atoms. The van der Waals surface area contributed by atoms with E-state index in [1.807, 2.05) is 30.6 Å². The minimum Gasteiger partial charge on any atom is -0.507 e. The van der Waals surface area contributed by atoms with Gasteiger partial charge in [-0.15, -0.1) is 11.3 Å². The number of hydrogen-bond donors (Lipinski definition) is 2. The molecule has 0 saturated carbocycles. The second kappa shape index (κ2) is 6.72. The summed E-state index contributed by atoms with van der Waals surface area (Å²) in [5.74, 6) is 1.28. The summed E-state index contributed by atoms with van der Waals surface area (Å²) in [7, 11) is 1.59. The monoisotopic (exact) mass is 292 g/mol. The van der Waals surface area contributed by atoms with Crippen LogP contribution in [-0.2, 0) is 0 Å². The third kappa shape index (κ3) is 3.49. The summed E-state index contributed by atoms with van der Waals surface area (Å²) in [4.78, 5) is 4.32. The Labute approximate surface area is 123 Å². The number of methoxy groups -OCH3 is 1. The van der Waals surface area contributed by atoms with E-state index in [0.717, 1.165) is 17.1 Å². The van der Waals surface area contributed by atoms with E-state index in [-0.39, 0.29) is 11.8 Å². The molecule has 5 heteroatoms. The van der Waals surface area contributed by atoms with Gasteiger partial charge in [0.25, 0.3) is 0 Å². The maximum atomic E-state index is 10.0. The average molecular weight is 292 g/mol. The molecule has 4 nitrogen and oxygen atoms in total. The van der Waals surface area contributed by atoms with Crippen LogP contribution in [0.4, 0.5) is 0 Å². The van der Waals surface area contributed by atoms with Gasteiger partial charge in [-0.1, -0.05) is 13.0 Å². The van der Waals surface area contributed by atoms with Crippen LogP contribution in [-0.4, -0.2) is 23.7 Å². The number of phenols is 1. The predicted octanol–water partition coefficient (Wildman–Crippen LogP) is 3.31. The lowest BCUT2D eigenvalue weighted by Crippen LogP contribution is -2.23. The molecule has 2 aromatic rings. The van der Waals surface area contributed by atoms with Crippen molar-refractivity contribution in [3.8, 4) is 11.5 Å². The minimum atomic E-state index is 0.0725. The lowest BCUT2D eigenvalue weighted by Gasteiger charge is -2.18. The van der Waals surface area contributed by atoms with Gasteiger partial charge in [-0.05, 0) is 13.0 Å². The summed E-state index contributed by atoms with van der Waals surface area (Å²) in [6.45, 7) is 5.00. The fourth-order valence-corrected chi connectivity index (χ4v) is 2.74. The maximum Gasteiger partial charge on any atom is 0.124 e. The van der Waals surface area contributed by atoms with Crippen molar-refractivity contribution in [2.75, 3.05) is 13.7 Å². The zero-order valence-corrected chi connectivity index (χ0v) is 12.8. The van der Waals surface area contributed by atoms with E-state index in [1.54, 1.807) is 24.5 Å². The molecule has 0 spiro atoms. The van der Waals surface area contributed by atoms with Crippen LogP contribution in [0.3, 0.4) is 0 Å². The van der Waals surface area contributed by atoms with Gasteiger partial charge in [-0.3, -0.25) is 0 Å². The largest absolute Gasteiger partial charge is 0.507 e. The molecule has 0 saturated heterocycles. The van der Waals surface area contributed by atoms with Crippen molar-refractivity contribution in [1.82, 2.24) is 10.3 Å². The highest BCUT2D eigenvalue weighted by atomic mass is 32.1. The molecule has 0 amide bonds. The van der Waals surface area contributed by atoms with Crippen LogP contribution in [0.15, 0.2) is 29.8 Å². The lowest BCUT2D eigenvalue weighted by molar-refractivity contribution is 0.403. The molecule has 2 atom stereocenters. The first-order valence-electron chi connectivity index (χ1n) is 6.61. The summed E-state index contributed by atoms with van der Waals surface area (Å²) in [5, 5.41) is 16.6. The zero-order valence-electron chi connectivity index (χ0n) is 12.0. The van der Waals surface area contributed by atoms with Crippen LogP contribution in [0, 0.1) is 0 Å². The Bertz CT molecular complexity index is 543. The Kier molecular flexibility index (Phi) is 4.98. The summed E-state index contributed by atoms with van der Waals surface area (Å²) >= 11 is 1.67. The Hall–Kier alpha value is -1.59. The zero-order chi connectivity index (χ0) is 14.5. The normalized spacial score (nSPS) is 13.9. The molecule has 108 valence electrons. The number of aromatic nitrogens is 1. The van der Waals surface area contributed by atoms with Gasteiger partial charge in [0.15, 0.2) is 0 Å². The second-order valence-corrected chi connectivity index (χ2v) is 5.75. The van der Waals surface area contributed by atoms with Crippen molar-refractivity contribution < 1.29 is 9.84 Å². The van der Waals surface area contributed by atoms with Gasteiger partial charge in [0.2, 0.25) is 0 Å². The number of phenolic OH excluding ortho intramolecular Hbond substituents is 1. The van der Waals surface area contributed by atoms with E-state index < -0.39 is 0 Å². The number of benzene rings is 1. The van der Waals surface area contributed by atoms with Crippen LogP contribution in [0.25, 0.3) is 0 Å². The van der Waals surface area contributed by atoms with Gasteiger partial charge in [-0.2, -0.15) is 0 Å². The Morgan fingerprint density at radius 2 is 2.20 bits per heavy atom. The molecule has 1 aromatic heterocycles. The number of aromatic hydroxyl groups is 1. The first kappa shape index (κ1) is 14.8. The van der Waals surface area contributed by atoms with Gasteiger partial charge >= 0.3 is 0 Å². The molecule has 1 aromatic carbocycles. The first-order valence-corrected chi connectivity index (χ1v) is 7.49. The van der Waals surface area contributed by atoms with Gasteiger partial charge in [0.1, 0.15) is 11.5 Å². The molecule has 0 aliphatic carbocycles. The van der Waals surface area contributed by atoms with Crippen LogP contribution >= 0.6 is 11.3 Å². The number of nitrogens with one attached hydrogen (secondary N) is 1. The SMILES string of the molecule is COc1ccc(C(C)NCC(C)c2nccs2)c(O)c1. The number of hydrogen-bond acceptors (Lipinski definition) is 5. The molecule has 2 unspecified atom stereocenters. The van der Waals surface area contributed by atoms with Crippen LogP contribution in [0.2, 0.25) is 0 Å². The number of nitrogens with zero attached hydrogens (tertiary/aromatic N) is 1. The Balaban J connectivity index is 1.96. The molecule has 0 radical (unpaired) electrons. The quantitative estimate of drug-likeness (QED) is 0.857. The minimum absolute atomic E-state index is 0.0725. The van der Waals surface area contributed by atoms with Crippen molar-refractivity contribution in [3.63, 3.8) is 0 Å². The molecule has 20 heavy (non-hydrogen) atoms. The van der Waals surface area contributed by atoms with Crippen molar-refractivity contribution in [2.24, 2.45) is 0 Å². The highest BCUT2D eigenvalue weighted by Gasteiger charge is 2.14. The van der Waals surface area contributed by atoms with Crippen molar-refractivity contribution in [1.29, 1.82) is 0 Å². The van der Waals surface area contributed by atoms with Crippen molar-refractivity contribution >= 4 is 11.3 Å². The summed E-state index contributed by atoms with van der Waals surface area (Å²) in [6, 6.07) is 5.46. The van der Waals surface area contributed by atoms with Gasteiger partial charge in [0, 0.05) is 41.7 Å². The Morgan fingerprint density at radius 3 is 2.80 bits per heavy atom. The fraction of sp³-hybridized carbons (Fsp3) is 0.400. The van der Waals surface area contributed by atoms with E-state index in [2.05, 4.69) is 17.2 Å². The number of rotatable bonds is 6. The number of thiazole rings is 1. The molecule has 0 fully saturated rings. The average Bonchev–Trinajstić information content (AvgIpc) is 2.98. The van der Waals surface area contributed by atoms with Crippen LogP contribution < -0.4 is 10.1 Å².